The number of hydrogen-bond acceptors (Lipinski definition) is 3. The van der Waals surface area contributed by atoms with E-state index in [2.05, 4.69) is 33.8 Å². The number of benzene rings is 3. The van der Waals surface area contributed by atoms with Crippen molar-refractivity contribution < 1.29 is 9.84 Å². The van der Waals surface area contributed by atoms with Crippen molar-refractivity contribution in [3.63, 3.8) is 0 Å². The molecule has 3 aromatic carbocycles. The van der Waals surface area contributed by atoms with Crippen molar-refractivity contribution in [2.24, 2.45) is 0 Å². The maximum absolute atomic E-state index is 9.60. The summed E-state index contributed by atoms with van der Waals surface area (Å²) >= 11 is 0. The third-order valence-corrected chi connectivity index (χ3v) is 5.12. The van der Waals surface area contributed by atoms with Gasteiger partial charge in [-0.1, -0.05) is 48.5 Å². The quantitative estimate of drug-likeness (QED) is 0.566. The molecule has 0 unspecified atom stereocenters. The third kappa shape index (κ3) is 2.42. The van der Waals surface area contributed by atoms with Gasteiger partial charge in [0.25, 0.3) is 0 Å². The van der Waals surface area contributed by atoms with Gasteiger partial charge in [-0.05, 0) is 23.1 Å². The van der Waals surface area contributed by atoms with Gasteiger partial charge in [0.05, 0.1) is 12.4 Å². The average molecular weight is 342 g/mol. The van der Waals surface area contributed by atoms with Gasteiger partial charge < -0.3 is 14.4 Å². The van der Waals surface area contributed by atoms with Gasteiger partial charge in [0.1, 0.15) is 17.6 Å². The van der Waals surface area contributed by atoms with E-state index in [0.717, 1.165) is 23.1 Å². The fourth-order valence-corrected chi connectivity index (χ4v) is 3.80. The minimum Gasteiger partial charge on any atom is -0.508 e. The Bertz CT molecular complexity index is 1060. The molecule has 4 heteroatoms. The molecule has 4 nitrogen and oxygen atoms in total. The number of rotatable bonds is 2. The largest absolute Gasteiger partial charge is 0.508 e. The highest BCUT2D eigenvalue weighted by Gasteiger charge is 2.31. The topological polar surface area (TPSA) is 47.3 Å². The number of ether oxygens (including phenoxy) is 1. The van der Waals surface area contributed by atoms with Gasteiger partial charge in [-0.15, -0.1) is 0 Å². The molecule has 4 aromatic rings. The average Bonchev–Trinajstić information content (AvgIpc) is 3.22. The first-order chi connectivity index (χ1) is 12.8. The van der Waals surface area contributed by atoms with Crippen LogP contribution < -0.4 is 4.74 Å². The van der Waals surface area contributed by atoms with Crippen molar-refractivity contribution in [2.75, 3.05) is 0 Å². The maximum Gasteiger partial charge on any atom is 0.133 e. The normalized spacial score (nSPS) is 19.1. The van der Waals surface area contributed by atoms with Gasteiger partial charge >= 0.3 is 0 Å². The Hall–Kier alpha value is -3.27. The molecule has 0 saturated carbocycles. The summed E-state index contributed by atoms with van der Waals surface area (Å²) in [7, 11) is 0. The van der Waals surface area contributed by atoms with E-state index >= 15 is 0 Å². The predicted octanol–water partition coefficient (Wildman–Crippen LogP) is 4.86. The molecule has 0 spiro atoms. The van der Waals surface area contributed by atoms with Crippen molar-refractivity contribution >= 4 is 10.8 Å². The summed E-state index contributed by atoms with van der Waals surface area (Å²) in [5.74, 6) is 1.20. The zero-order valence-corrected chi connectivity index (χ0v) is 14.1. The summed E-state index contributed by atoms with van der Waals surface area (Å²) in [5.41, 5.74) is 2.24. The van der Waals surface area contributed by atoms with E-state index in [0.29, 0.717) is 0 Å². The summed E-state index contributed by atoms with van der Waals surface area (Å²) in [6, 6.07) is 20.1. The van der Waals surface area contributed by atoms with E-state index in [-0.39, 0.29) is 17.9 Å². The van der Waals surface area contributed by atoms with Crippen LogP contribution in [0.3, 0.4) is 0 Å². The summed E-state index contributed by atoms with van der Waals surface area (Å²) in [6.45, 7) is 0. The zero-order chi connectivity index (χ0) is 17.5. The fourth-order valence-electron chi connectivity index (χ4n) is 3.80. The van der Waals surface area contributed by atoms with Gasteiger partial charge in [0.2, 0.25) is 0 Å². The Kier molecular flexibility index (Phi) is 3.42. The SMILES string of the molecule is Oc1ccc([C@@H]2C[C@H](n3ccnc3)c3ccc4ccccc4c3O2)cc1. The second kappa shape index (κ2) is 5.92. The number of fused-ring (bicyclic) bond motifs is 3. The second-order valence-electron chi connectivity index (χ2n) is 6.66. The van der Waals surface area contributed by atoms with Crippen LogP contribution in [0, 0.1) is 0 Å². The van der Waals surface area contributed by atoms with Crippen LogP contribution in [-0.4, -0.2) is 14.7 Å². The highest BCUT2D eigenvalue weighted by Crippen LogP contribution is 2.46. The molecule has 0 radical (unpaired) electrons. The Balaban J connectivity index is 1.68. The van der Waals surface area contributed by atoms with Gasteiger partial charge in [0.15, 0.2) is 0 Å². The summed E-state index contributed by atoms with van der Waals surface area (Å²) in [5, 5.41) is 11.9. The smallest absolute Gasteiger partial charge is 0.133 e. The van der Waals surface area contributed by atoms with Crippen molar-refractivity contribution in [3.05, 3.63) is 90.5 Å². The molecule has 5 rings (SSSR count). The molecule has 0 fully saturated rings. The third-order valence-electron chi connectivity index (χ3n) is 5.12. The lowest BCUT2D eigenvalue weighted by molar-refractivity contribution is 0.156. The molecule has 128 valence electrons. The van der Waals surface area contributed by atoms with Crippen molar-refractivity contribution in [1.29, 1.82) is 0 Å². The Labute approximate surface area is 151 Å². The molecule has 0 bridgehead atoms. The number of aromatic nitrogens is 2. The van der Waals surface area contributed by atoms with E-state index < -0.39 is 0 Å². The van der Waals surface area contributed by atoms with Gasteiger partial charge in [-0.3, -0.25) is 0 Å². The first kappa shape index (κ1) is 15.0. The lowest BCUT2D eigenvalue weighted by Gasteiger charge is -2.34. The number of phenols is 1. The Morgan fingerprint density at radius 2 is 1.85 bits per heavy atom. The van der Waals surface area contributed by atoms with E-state index in [1.165, 1.54) is 10.9 Å². The van der Waals surface area contributed by atoms with E-state index in [4.69, 9.17) is 4.74 Å². The molecule has 2 atom stereocenters. The summed E-state index contributed by atoms with van der Waals surface area (Å²) < 4.78 is 8.63. The number of hydrogen-bond donors (Lipinski definition) is 1. The molecular weight excluding hydrogens is 324 g/mol. The van der Waals surface area contributed by atoms with Crippen LogP contribution in [0.25, 0.3) is 10.8 Å². The van der Waals surface area contributed by atoms with Crippen molar-refractivity contribution in [3.8, 4) is 11.5 Å². The molecule has 1 aliphatic rings. The highest BCUT2D eigenvalue weighted by atomic mass is 16.5. The minimum absolute atomic E-state index is 0.0821. The van der Waals surface area contributed by atoms with Crippen LogP contribution in [0.2, 0.25) is 0 Å². The molecule has 1 aromatic heterocycles. The van der Waals surface area contributed by atoms with Crippen molar-refractivity contribution in [1.82, 2.24) is 9.55 Å². The van der Waals surface area contributed by atoms with Gasteiger partial charge in [0, 0.05) is 29.8 Å². The maximum atomic E-state index is 9.60. The van der Waals surface area contributed by atoms with Crippen LogP contribution in [0.5, 0.6) is 11.5 Å². The van der Waals surface area contributed by atoms with Crippen LogP contribution in [0.15, 0.2) is 79.4 Å². The van der Waals surface area contributed by atoms with E-state index in [1.807, 2.05) is 43.0 Å². The fraction of sp³-hybridized carbons (Fsp3) is 0.136. The first-order valence-corrected chi connectivity index (χ1v) is 8.74. The van der Waals surface area contributed by atoms with Gasteiger partial charge in [-0.2, -0.15) is 0 Å². The summed E-state index contributed by atoms with van der Waals surface area (Å²) in [4.78, 5) is 4.23. The molecule has 2 heterocycles. The molecule has 1 aliphatic heterocycles. The number of imidazole rings is 1. The highest BCUT2D eigenvalue weighted by molar-refractivity contribution is 5.90. The standard InChI is InChI=1S/C22H18N2O2/c25-17-8-5-16(6-9-17)21-13-20(24-12-11-23-14-24)19-10-7-15-3-1-2-4-18(15)22(19)26-21/h1-12,14,20-21,25H,13H2/t20-,21-/m0/s1. The molecule has 1 N–H and O–H groups in total. The Morgan fingerprint density at radius 3 is 2.65 bits per heavy atom. The second-order valence-corrected chi connectivity index (χ2v) is 6.66. The molecular formula is C22H18N2O2. The number of nitrogens with zero attached hydrogens (tertiary/aromatic N) is 2. The number of phenolic OH excluding ortho intramolecular Hbond substituents is 1. The van der Waals surface area contributed by atoms with E-state index in [9.17, 15) is 5.11 Å². The molecule has 0 saturated heterocycles. The lowest BCUT2D eigenvalue weighted by atomic mass is 9.90. The minimum atomic E-state index is -0.0821. The first-order valence-electron chi connectivity index (χ1n) is 8.74. The molecule has 0 amide bonds. The zero-order valence-electron chi connectivity index (χ0n) is 14.1. The Morgan fingerprint density at radius 1 is 1.00 bits per heavy atom. The van der Waals surface area contributed by atoms with Crippen LogP contribution >= 0.6 is 0 Å². The van der Waals surface area contributed by atoms with Crippen LogP contribution in [0.4, 0.5) is 0 Å². The number of aromatic hydroxyl groups is 1. The lowest BCUT2D eigenvalue weighted by Crippen LogP contribution is -2.23. The van der Waals surface area contributed by atoms with Crippen molar-refractivity contribution in [2.45, 2.75) is 18.6 Å². The predicted molar refractivity (Wildman–Crippen MR) is 100 cm³/mol. The monoisotopic (exact) mass is 342 g/mol. The van der Waals surface area contributed by atoms with Crippen LogP contribution in [0.1, 0.15) is 29.7 Å². The molecule has 26 heavy (non-hydrogen) atoms. The van der Waals surface area contributed by atoms with E-state index in [1.54, 1.807) is 12.1 Å². The molecule has 0 aliphatic carbocycles. The van der Waals surface area contributed by atoms with Crippen LogP contribution in [-0.2, 0) is 0 Å². The van der Waals surface area contributed by atoms with Gasteiger partial charge in [-0.25, -0.2) is 4.98 Å². The summed E-state index contributed by atoms with van der Waals surface area (Å²) in [6.07, 6.45) is 6.41.